The van der Waals surface area contributed by atoms with Gasteiger partial charge in [0.15, 0.2) is 0 Å². The van der Waals surface area contributed by atoms with Gasteiger partial charge in [0.2, 0.25) is 20.0 Å². The smallest absolute Gasteiger partial charge is 0.415 e. The summed E-state index contributed by atoms with van der Waals surface area (Å²) in [5.74, 6) is -1.04. The summed E-state index contributed by atoms with van der Waals surface area (Å²) >= 11 is 0. The number of aromatic nitrogens is 8. The Bertz CT molecular complexity index is 3090. The van der Waals surface area contributed by atoms with Crippen molar-refractivity contribution >= 4 is 30.2 Å². The van der Waals surface area contributed by atoms with Crippen molar-refractivity contribution in [1.82, 2.24) is 49.4 Å². The van der Waals surface area contributed by atoms with Crippen LogP contribution in [0.2, 0.25) is 0 Å². The monoisotopic (exact) mass is 1100 g/mol. The van der Waals surface area contributed by atoms with E-state index in [-0.39, 0.29) is 40.7 Å². The second-order valence-electron chi connectivity index (χ2n) is 17.0. The van der Waals surface area contributed by atoms with E-state index in [1.54, 1.807) is 4.31 Å². The Labute approximate surface area is 422 Å². The van der Waals surface area contributed by atoms with Crippen molar-refractivity contribution in [3.63, 3.8) is 0 Å². The number of hydrogen-bond donors (Lipinski definition) is 1. The van der Waals surface area contributed by atoms with Gasteiger partial charge in [0.05, 0.1) is 28.2 Å². The van der Waals surface area contributed by atoms with Gasteiger partial charge in [-0.3, -0.25) is 4.18 Å². The zero-order chi connectivity index (χ0) is 54.0. The molecule has 2 aliphatic rings. The highest BCUT2D eigenvalue weighted by molar-refractivity contribution is 7.90. The topological polar surface area (TPSA) is 256 Å². The largest absolute Gasteiger partial charge is 0.523 e. The molecule has 1 N–H and O–H groups in total. The molecule has 2 saturated carbocycles. The third-order valence-corrected chi connectivity index (χ3v) is 16.7. The number of rotatable bonds is 21. The number of nitrogens with zero attached hydrogens (tertiary/aromatic N) is 9. The molecule has 0 radical (unpaired) electrons. The van der Waals surface area contributed by atoms with Crippen LogP contribution in [0.4, 0.5) is 30.7 Å². The van der Waals surface area contributed by atoms with E-state index in [2.05, 4.69) is 49.2 Å². The van der Waals surface area contributed by atoms with Crippen LogP contribution in [-0.2, 0) is 47.2 Å². The lowest BCUT2D eigenvalue weighted by atomic mass is 9.94. The first-order valence-electron chi connectivity index (χ1n) is 22.8. The zero-order valence-electron chi connectivity index (χ0n) is 40.0. The van der Waals surface area contributed by atoms with E-state index in [9.17, 15) is 56.0 Å². The first kappa shape index (κ1) is 57.4. The van der Waals surface area contributed by atoms with E-state index in [1.807, 2.05) is 69.3 Å². The minimum Gasteiger partial charge on any atom is -0.415 e. The highest BCUT2D eigenvalue weighted by atomic mass is 32.2. The van der Waals surface area contributed by atoms with E-state index < -0.39 is 66.9 Å². The zero-order valence-corrected chi connectivity index (χ0v) is 42.5. The van der Waals surface area contributed by atoms with Gasteiger partial charge in [0.25, 0.3) is 23.6 Å². The van der Waals surface area contributed by atoms with E-state index in [1.165, 1.54) is 24.8 Å². The molecule has 2 aliphatic carbocycles. The number of hydrogen-bond acceptors (Lipinski definition) is 17. The lowest BCUT2D eigenvalue weighted by Crippen LogP contribution is -2.37. The minimum atomic E-state index is -5.35. The summed E-state index contributed by atoms with van der Waals surface area (Å²) in [6.07, 6.45) is 3.63. The average Bonchev–Trinajstić information content (AvgIpc) is 4.30. The second-order valence-corrected chi connectivity index (χ2v) is 22.9. The predicted octanol–water partition coefficient (Wildman–Crippen LogP) is 7.97. The molecule has 0 aliphatic heterocycles. The van der Waals surface area contributed by atoms with Crippen molar-refractivity contribution in [3.05, 3.63) is 119 Å². The molecule has 402 valence electrons. The summed E-state index contributed by atoms with van der Waals surface area (Å²) in [5.41, 5.74) is -0.473. The lowest BCUT2D eigenvalue weighted by molar-refractivity contribution is -0.0539. The molecule has 2 fully saturated rings. The number of halogens is 7. The van der Waals surface area contributed by atoms with Crippen LogP contribution in [0.1, 0.15) is 110 Å². The van der Waals surface area contributed by atoms with Crippen LogP contribution >= 0.6 is 0 Å². The molecule has 4 aromatic heterocycles. The van der Waals surface area contributed by atoms with Crippen LogP contribution in [0.25, 0.3) is 22.9 Å². The third-order valence-electron chi connectivity index (χ3n) is 11.2. The van der Waals surface area contributed by atoms with E-state index in [0.29, 0.717) is 74.4 Å². The first-order chi connectivity index (χ1) is 34.9. The maximum Gasteiger partial charge on any atom is 0.523 e. The Balaban J connectivity index is 0.000000204. The Morgan fingerprint density at radius 3 is 1.42 bits per heavy atom. The van der Waals surface area contributed by atoms with Crippen LogP contribution < -0.4 is 4.72 Å². The van der Waals surface area contributed by atoms with Crippen molar-refractivity contribution < 1.29 is 69.0 Å². The van der Waals surface area contributed by atoms with E-state index >= 15 is 0 Å². The SMILES string of the molecule is CCN(CC(Cc1ncc(-c2nnc(C(F)F)o2)cn1)c1ccc(C)cc1)S(=O)(=O)C1CC1.CCOS(=O)(=O)C(F)(F)F.Cc1ccc(C(CNS(=O)(=O)C2CC2)Cc2ncc(-c3nnc(C(F)F)o3)cn2)cc1. The van der Waals surface area contributed by atoms with Gasteiger partial charge in [-0.05, 0) is 57.6 Å². The molecule has 0 amide bonds. The molecule has 74 heavy (non-hydrogen) atoms. The van der Waals surface area contributed by atoms with Crippen molar-refractivity contribution in [2.24, 2.45) is 0 Å². The highest BCUT2D eigenvalue weighted by Gasteiger charge is 2.47. The second kappa shape index (κ2) is 24.6. The van der Waals surface area contributed by atoms with Crippen molar-refractivity contribution in [1.29, 1.82) is 0 Å². The number of aryl methyl sites for hydroxylation is 2. The Morgan fingerprint density at radius 1 is 0.649 bits per heavy atom. The lowest BCUT2D eigenvalue weighted by Gasteiger charge is -2.26. The molecule has 0 saturated heterocycles. The molecule has 4 heterocycles. The molecule has 6 aromatic rings. The summed E-state index contributed by atoms with van der Waals surface area (Å²) in [7, 11) is -12.0. The van der Waals surface area contributed by atoms with Crippen molar-refractivity contribution in [3.8, 4) is 22.9 Å². The van der Waals surface area contributed by atoms with Gasteiger partial charge < -0.3 is 8.83 Å². The Kier molecular flexibility index (Phi) is 19.1. The summed E-state index contributed by atoms with van der Waals surface area (Å²) < 4.78 is 172. The van der Waals surface area contributed by atoms with Gasteiger partial charge in [-0.1, -0.05) is 66.6 Å². The molecular formula is C45H51F7N10O9S3. The van der Waals surface area contributed by atoms with Gasteiger partial charge in [0, 0.05) is 69.1 Å². The van der Waals surface area contributed by atoms with Crippen LogP contribution in [0.3, 0.4) is 0 Å². The standard InChI is InChI=1S/C22H25F2N5O3S.C20H21F2N5O3S.C3H5F3O3S/c1-3-29(33(30,31)18-8-9-18)13-16(15-6-4-14(2)5-7-15)10-19-25-11-17(12-26-19)21-27-28-22(32-21)20(23)24;1-12-2-4-13(5-3-12)14(11-25-31(28,29)16-6-7-16)8-17-23-9-15(10-24-17)19-26-27-20(30-19)18(21)22;1-2-9-10(7,8)3(4,5)6/h4-7,11-12,16,18,20H,3,8-10,13H2,1-2H3;2-5,9-10,14,16,18,25H,6-8,11H2,1H3;2H2,1H3. The van der Waals surface area contributed by atoms with Crippen molar-refractivity contribution in [2.75, 3.05) is 26.2 Å². The number of alkyl halides is 7. The molecule has 2 unspecified atom stereocenters. The molecule has 0 spiro atoms. The average molecular weight is 1110 g/mol. The number of sulfonamides is 2. The van der Waals surface area contributed by atoms with Crippen molar-refractivity contribution in [2.45, 2.75) is 107 Å². The van der Waals surface area contributed by atoms with Gasteiger partial charge in [-0.15, -0.1) is 20.4 Å². The molecule has 2 aromatic carbocycles. The summed E-state index contributed by atoms with van der Waals surface area (Å²) in [4.78, 5) is 17.2. The highest BCUT2D eigenvalue weighted by Crippen LogP contribution is 2.34. The van der Waals surface area contributed by atoms with Crippen LogP contribution in [0.5, 0.6) is 0 Å². The third kappa shape index (κ3) is 15.8. The summed E-state index contributed by atoms with van der Waals surface area (Å²) in [5, 5.41) is 13.2. The maximum atomic E-state index is 12.9. The fourth-order valence-electron chi connectivity index (χ4n) is 6.90. The van der Waals surface area contributed by atoms with E-state index in [4.69, 9.17) is 8.83 Å². The first-order valence-corrected chi connectivity index (χ1v) is 27.3. The summed E-state index contributed by atoms with van der Waals surface area (Å²) in [6.45, 7) is 7.41. The minimum absolute atomic E-state index is 0.0837. The molecular weight excluding hydrogens is 1050 g/mol. The normalized spacial score (nSPS) is 15.1. The maximum absolute atomic E-state index is 12.9. The molecule has 2 atom stereocenters. The fourth-order valence-corrected chi connectivity index (χ4v) is 10.7. The molecule has 0 bridgehead atoms. The molecule has 8 rings (SSSR count). The van der Waals surface area contributed by atoms with Crippen LogP contribution in [0, 0.1) is 13.8 Å². The van der Waals surface area contributed by atoms with Gasteiger partial charge >= 0.3 is 28.5 Å². The number of nitrogens with one attached hydrogen (secondary N) is 1. The fraction of sp³-hybridized carbons (Fsp3) is 0.467. The van der Waals surface area contributed by atoms with Gasteiger partial charge in [-0.2, -0.15) is 39.2 Å². The Morgan fingerprint density at radius 2 is 1.07 bits per heavy atom. The van der Waals surface area contributed by atoms with E-state index in [0.717, 1.165) is 29.2 Å². The van der Waals surface area contributed by atoms with Gasteiger partial charge in [-0.25, -0.2) is 45.8 Å². The van der Waals surface area contributed by atoms with Crippen LogP contribution in [-0.4, -0.2) is 112 Å². The predicted molar refractivity (Wildman–Crippen MR) is 252 cm³/mol. The van der Waals surface area contributed by atoms with Gasteiger partial charge in [0.1, 0.15) is 11.6 Å². The van der Waals surface area contributed by atoms with Crippen LogP contribution in [0.15, 0.2) is 82.2 Å². The quantitative estimate of drug-likeness (QED) is 0.0407. The Hall–Kier alpha value is -5.88. The molecule has 29 heteroatoms. The molecule has 19 nitrogen and oxygen atoms in total. The number of likely N-dealkylation sites (N-methyl/N-ethyl adjacent to an activating group) is 1. The number of benzene rings is 2. The summed E-state index contributed by atoms with van der Waals surface area (Å²) in [6, 6.07) is 15.8.